The van der Waals surface area contributed by atoms with Gasteiger partial charge in [0.1, 0.15) is 4.21 Å². The second kappa shape index (κ2) is 6.49. The van der Waals surface area contributed by atoms with E-state index in [2.05, 4.69) is 10.0 Å². The van der Waals surface area contributed by atoms with Gasteiger partial charge in [0, 0.05) is 19.0 Å². The highest BCUT2D eigenvalue weighted by atomic mass is 32.2. The van der Waals surface area contributed by atoms with Crippen LogP contribution in [0.4, 0.5) is 0 Å². The van der Waals surface area contributed by atoms with Gasteiger partial charge in [0.05, 0.1) is 0 Å². The van der Waals surface area contributed by atoms with E-state index >= 15 is 0 Å². The molecule has 106 valence electrons. The maximum atomic E-state index is 11.8. The van der Waals surface area contributed by atoms with E-state index in [-0.39, 0.29) is 29.1 Å². The maximum absolute atomic E-state index is 11.8. The van der Waals surface area contributed by atoms with Crippen molar-refractivity contribution in [1.29, 1.82) is 0 Å². The lowest BCUT2D eigenvalue weighted by Crippen LogP contribution is -2.35. The lowest BCUT2D eigenvalue weighted by Gasteiger charge is -2.11. The summed E-state index contributed by atoms with van der Waals surface area (Å²) in [6, 6.07) is 3.51. The highest BCUT2D eigenvalue weighted by Crippen LogP contribution is 2.17. The highest BCUT2D eigenvalue weighted by molar-refractivity contribution is 7.91. The third-order valence-corrected chi connectivity index (χ3v) is 5.98. The van der Waals surface area contributed by atoms with Gasteiger partial charge >= 0.3 is 0 Å². The number of carbonyl (C=O) groups excluding carboxylic acids is 1. The second-order valence-corrected chi connectivity index (χ2v) is 7.57. The fraction of sp³-hybridized carbons (Fsp3) is 0.583. The molecule has 0 unspecified atom stereocenters. The van der Waals surface area contributed by atoms with Crippen LogP contribution in [0.5, 0.6) is 0 Å². The molecule has 5 nitrogen and oxygen atoms in total. The van der Waals surface area contributed by atoms with Crippen molar-refractivity contribution in [2.24, 2.45) is 0 Å². The maximum Gasteiger partial charge on any atom is 0.250 e. The van der Waals surface area contributed by atoms with Crippen molar-refractivity contribution >= 4 is 27.3 Å². The summed E-state index contributed by atoms with van der Waals surface area (Å²) in [7, 11) is -3.45. The van der Waals surface area contributed by atoms with Crippen LogP contribution in [0, 0.1) is 0 Å². The number of thiophene rings is 1. The van der Waals surface area contributed by atoms with Crippen molar-refractivity contribution in [3.8, 4) is 0 Å². The summed E-state index contributed by atoms with van der Waals surface area (Å²) in [5.41, 5.74) is 0. The van der Waals surface area contributed by atoms with Crippen LogP contribution in [0.3, 0.4) is 0 Å². The van der Waals surface area contributed by atoms with Crippen LogP contribution in [0.25, 0.3) is 0 Å². The van der Waals surface area contributed by atoms with Gasteiger partial charge in [-0.05, 0) is 24.3 Å². The standard InChI is InChI=1S/C12H18N2O3S2/c15-11(14-10-4-1-2-5-10)7-8-13-19(16,17)12-6-3-9-18-12/h3,6,9-10,13H,1-2,4-5,7-8H2,(H,14,15). The fourth-order valence-electron chi connectivity index (χ4n) is 2.16. The molecule has 7 heteroatoms. The molecule has 19 heavy (non-hydrogen) atoms. The Morgan fingerprint density at radius 2 is 2.11 bits per heavy atom. The Morgan fingerprint density at radius 1 is 1.37 bits per heavy atom. The molecule has 0 atom stereocenters. The third kappa shape index (κ3) is 4.29. The Hall–Kier alpha value is -0.920. The van der Waals surface area contributed by atoms with Crippen LogP contribution in [-0.2, 0) is 14.8 Å². The van der Waals surface area contributed by atoms with Gasteiger partial charge in [-0.1, -0.05) is 18.9 Å². The second-order valence-electron chi connectivity index (χ2n) is 4.63. The summed E-state index contributed by atoms with van der Waals surface area (Å²) >= 11 is 1.16. The number of rotatable bonds is 6. The van der Waals surface area contributed by atoms with E-state index < -0.39 is 10.0 Å². The van der Waals surface area contributed by atoms with E-state index in [1.165, 1.54) is 0 Å². The summed E-state index contributed by atoms with van der Waals surface area (Å²) in [6.07, 6.45) is 4.58. The molecule has 0 radical (unpaired) electrons. The first-order chi connectivity index (χ1) is 9.08. The molecule has 1 aromatic heterocycles. The van der Waals surface area contributed by atoms with Gasteiger partial charge in [0.2, 0.25) is 15.9 Å². The number of carbonyl (C=O) groups is 1. The summed E-state index contributed by atoms with van der Waals surface area (Å²) in [4.78, 5) is 11.6. The number of sulfonamides is 1. The Balaban J connectivity index is 1.72. The minimum absolute atomic E-state index is 0.0826. The summed E-state index contributed by atoms with van der Waals surface area (Å²) < 4.78 is 26.3. The number of hydrogen-bond acceptors (Lipinski definition) is 4. The Morgan fingerprint density at radius 3 is 2.74 bits per heavy atom. The van der Waals surface area contributed by atoms with Gasteiger partial charge < -0.3 is 5.32 Å². The molecule has 1 aromatic rings. The topological polar surface area (TPSA) is 75.3 Å². The molecule has 0 aromatic carbocycles. The van der Waals surface area contributed by atoms with Crippen LogP contribution in [-0.4, -0.2) is 26.9 Å². The molecule has 1 amide bonds. The van der Waals surface area contributed by atoms with Gasteiger partial charge in [-0.3, -0.25) is 4.79 Å². The van der Waals surface area contributed by atoms with Crippen LogP contribution in [0.1, 0.15) is 32.1 Å². The molecule has 1 saturated carbocycles. The predicted molar refractivity (Wildman–Crippen MR) is 74.5 cm³/mol. The number of nitrogens with one attached hydrogen (secondary N) is 2. The fourth-order valence-corrected chi connectivity index (χ4v) is 4.23. The summed E-state index contributed by atoms with van der Waals surface area (Å²) in [6.45, 7) is 0.138. The van der Waals surface area contributed by atoms with Crippen molar-refractivity contribution in [1.82, 2.24) is 10.0 Å². The predicted octanol–water partition coefficient (Wildman–Crippen LogP) is 1.48. The molecule has 1 aliphatic carbocycles. The van der Waals surface area contributed by atoms with Crippen LogP contribution in [0.2, 0.25) is 0 Å². The molecule has 0 saturated heterocycles. The van der Waals surface area contributed by atoms with E-state index in [4.69, 9.17) is 0 Å². The zero-order valence-corrected chi connectivity index (χ0v) is 12.2. The zero-order valence-electron chi connectivity index (χ0n) is 10.6. The molecular weight excluding hydrogens is 284 g/mol. The molecule has 1 fully saturated rings. The van der Waals surface area contributed by atoms with E-state index in [9.17, 15) is 13.2 Å². The van der Waals surface area contributed by atoms with Crippen molar-refractivity contribution in [2.45, 2.75) is 42.4 Å². The molecular formula is C12H18N2O3S2. The number of hydrogen-bond donors (Lipinski definition) is 2. The van der Waals surface area contributed by atoms with E-state index in [1.54, 1.807) is 17.5 Å². The SMILES string of the molecule is O=C(CCNS(=O)(=O)c1cccs1)NC1CCCC1. The lowest BCUT2D eigenvalue weighted by molar-refractivity contribution is -0.121. The smallest absolute Gasteiger partial charge is 0.250 e. The molecule has 0 aliphatic heterocycles. The zero-order chi connectivity index (χ0) is 13.7. The third-order valence-electron chi connectivity index (χ3n) is 3.12. The average Bonchev–Trinajstić information content (AvgIpc) is 3.00. The molecule has 2 rings (SSSR count). The molecule has 2 N–H and O–H groups in total. The van der Waals surface area contributed by atoms with Crippen LogP contribution >= 0.6 is 11.3 Å². The van der Waals surface area contributed by atoms with Crippen molar-refractivity contribution in [3.05, 3.63) is 17.5 Å². The largest absolute Gasteiger partial charge is 0.353 e. The molecule has 1 heterocycles. The van der Waals surface area contributed by atoms with E-state index in [0.29, 0.717) is 0 Å². The average molecular weight is 302 g/mol. The normalized spacial score (nSPS) is 16.6. The van der Waals surface area contributed by atoms with Crippen molar-refractivity contribution in [2.75, 3.05) is 6.54 Å². The first kappa shape index (κ1) is 14.5. The van der Waals surface area contributed by atoms with Crippen molar-refractivity contribution < 1.29 is 13.2 Å². The molecule has 1 aliphatic rings. The Bertz CT molecular complexity index is 505. The van der Waals surface area contributed by atoms with E-state index in [1.807, 2.05) is 0 Å². The first-order valence-corrected chi connectivity index (χ1v) is 8.77. The van der Waals surface area contributed by atoms with Gasteiger partial charge in [-0.15, -0.1) is 11.3 Å². The van der Waals surface area contributed by atoms with Gasteiger partial charge in [-0.25, -0.2) is 13.1 Å². The Kier molecular flexibility index (Phi) is 4.95. The number of amides is 1. The van der Waals surface area contributed by atoms with Crippen LogP contribution < -0.4 is 10.0 Å². The van der Waals surface area contributed by atoms with Gasteiger partial charge in [-0.2, -0.15) is 0 Å². The highest BCUT2D eigenvalue weighted by Gasteiger charge is 2.18. The monoisotopic (exact) mass is 302 g/mol. The molecule has 0 bridgehead atoms. The van der Waals surface area contributed by atoms with Gasteiger partial charge in [0.25, 0.3) is 0 Å². The summed E-state index contributed by atoms with van der Waals surface area (Å²) in [5.74, 6) is -0.0826. The lowest BCUT2D eigenvalue weighted by atomic mass is 10.2. The van der Waals surface area contributed by atoms with Gasteiger partial charge in [0.15, 0.2) is 0 Å². The minimum atomic E-state index is -3.45. The molecule has 0 spiro atoms. The quantitative estimate of drug-likeness (QED) is 0.835. The van der Waals surface area contributed by atoms with Crippen molar-refractivity contribution in [3.63, 3.8) is 0 Å². The van der Waals surface area contributed by atoms with E-state index in [0.717, 1.165) is 37.0 Å². The summed E-state index contributed by atoms with van der Waals surface area (Å²) in [5, 5.41) is 4.64. The van der Waals surface area contributed by atoms with Crippen LogP contribution in [0.15, 0.2) is 21.7 Å². The Labute approximate surface area is 117 Å². The first-order valence-electron chi connectivity index (χ1n) is 6.40. The minimum Gasteiger partial charge on any atom is -0.353 e.